The number of benzene rings is 1. The number of aromatic hydroxyl groups is 2. The van der Waals surface area contributed by atoms with Gasteiger partial charge in [-0.15, -0.1) is 0 Å². The number of ether oxygens (including phenoxy) is 3. The van der Waals surface area contributed by atoms with Gasteiger partial charge < -0.3 is 44.8 Å². The molecule has 1 aliphatic heterocycles. The highest BCUT2D eigenvalue weighted by Crippen LogP contribution is 2.30. The Balaban J connectivity index is 2.02. The molecule has 1 aliphatic rings. The highest BCUT2D eigenvalue weighted by molar-refractivity contribution is 5.41. The van der Waals surface area contributed by atoms with Gasteiger partial charge in [0, 0.05) is 7.11 Å². The Morgan fingerprint density at radius 1 is 1.08 bits per heavy atom. The molecule has 0 radical (unpaired) electrons. The first kappa shape index (κ1) is 18.9. The molecule has 1 heterocycles. The van der Waals surface area contributed by atoms with Crippen LogP contribution in [0.3, 0.4) is 0 Å². The molecule has 2 rings (SSSR count). The second-order valence-corrected chi connectivity index (χ2v) is 5.50. The van der Waals surface area contributed by atoms with Crippen LogP contribution in [0.5, 0.6) is 11.5 Å². The summed E-state index contributed by atoms with van der Waals surface area (Å²) in [6.45, 7) is -0.659. The van der Waals surface area contributed by atoms with E-state index in [-0.39, 0.29) is 18.1 Å². The molecular formula is C15H22O9. The van der Waals surface area contributed by atoms with E-state index < -0.39 is 43.4 Å². The molecule has 9 heteroatoms. The molecular weight excluding hydrogens is 324 g/mol. The predicted octanol–water partition coefficient (Wildman–Crippen LogP) is -1.40. The number of hydrogen-bond acceptors (Lipinski definition) is 9. The van der Waals surface area contributed by atoms with Crippen LogP contribution in [0.25, 0.3) is 0 Å². The van der Waals surface area contributed by atoms with E-state index in [9.17, 15) is 25.5 Å². The lowest BCUT2D eigenvalue weighted by atomic mass is 9.99. The molecule has 1 aromatic rings. The third-order valence-electron chi connectivity index (χ3n) is 3.92. The quantitative estimate of drug-likeness (QED) is 0.342. The smallest absolute Gasteiger partial charge is 0.186 e. The second kappa shape index (κ2) is 8.08. The van der Waals surface area contributed by atoms with Crippen LogP contribution in [0, 0.1) is 0 Å². The average Bonchev–Trinajstić information content (AvgIpc) is 2.58. The van der Waals surface area contributed by atoms with Crippen LogP contribution in [0.1, 0.15) is 11.7 Å². The molecule has 0 spiro atoms. The summed E-state index contributed by atoms with van der Waals surface area (Å²) in [5.74, 6) is -0.592. The van der Waals surface area contributed by atoms with E-state index in [1.165, 1.54) is 25.3 Å². The van der Waals surface area contributed by atoms with Crippen molar-refractivity contribution < 1.29 is 44.8 Å². The zero-order valence-corrected chi connectivity index (χ0v) is 13.0. The molecule has 6 atom stereocenters. The average molecular weight is 346 g/mol. The lowest BCUT2D eigenvalue weighted by Crippen LogP contribution is -2.59. The first-order valence-electron chi connectivity index (χ1n) is 7.35. The van der Waals surface area contributed by atoms with E-state index in [0.29, 0.717) is 5.56 Å². The Kier molecular flexibility index (Phi) is 6.35. The maximum atomic E-state index is 9.90. The van der Waals surface area contributed by atoms with E-state index >= 15 is 0 Å². The van der Waals surface area contributed by atoms with Crippen LogP contribution < -0.4 is 0 Å². The number of rotatable bonds is 6. The van der Waals surface area contributed by atoms with Gasteiger partial charge in [-0.25, -0.2) is 0 Å². The fraction of sp³-hybridized carbons (Fsp3) is 0.600. The van der Waals surface area contributed by atoms with Crippen molar-refractivity contribution in [1.29, 1.82) is 0 Å². The summed E-state index contributed by atoms with van der Waals surface area (Å²) in [6.07, 6.45) is -7.48. The van der Waals surface area contributed by atoms with Gasteiger partial charge >= 0.3 is 0 Å². The molecule has 9 nitrogen and oxygen atoms in total. The van der Waals surface area contributed by atoms with Crippen LogP contribution in [0.15, 0.2) is 18.2 Å². The standard InChI is InChI=1S/C15H22O9/c1-22-11(7-2-3-8(17)9(18)4-7)6-23-15-14(21)13(20)12(19)10(5-16)24-15/h2-4,10-21H,5-6H2,1H3/t10-,11?,12-,13+,14-,15?/m1/s1. The van der Waals surface area contributed by atoms with Gasteiger partial charge in [-0.1, -0.05) is 6.07 Å². The van der Waals surface area contributed by atoms with Gasteiger partial charge in [0.15, 0.2) is 17.8 Å². The Hall–Kier alpha value is -1.46. The van der Waals surface area contributed by atoms with E-state index in [0.717, 1.165) is 0 Å². The molecule has 0 aromatic heterocycles. The van der Waals surface area contributed by atoms with Crippen LogP contribution in [-0.2, 0) is 14.2 Å². The van der Waals surface area contributed by atoms with Crippen molar-refractivity contribution in [3.63, 3.8) is 0 Å². The fourth-order valence-corrected chi connectivity index (χ4v) is 2.43. The molecule has 136 valence electrons. The maximum Gasteiger partial charge on any atom is 0.186 e. The first-order chi connectivity index (χ1) is 11.4. The minimum atomic E-state index is -1.53. The van der Waals surface area contributed by atoms with Gasteiger partial charge in [0.25, 0.3) is 0 Å². The maximum absolute atomic E-state index is 9.90. The molecule has 0 bridgehead atoms. The summed E-state index contributed by atoms with van der Waals surface area (Å²) < 4.78 is 15.9. The molecule has 6 N–H and O–H groups in total. The Bertz CT molecular complexity index is 536. The topological polar surface area (TPSA) is 149 Å². The monoisotopic (exact) mass is 346 g/mol. The molecule has 0 amide bonds. The molecule has 1 aromatic carbocycles. The van der Waals surface area contributed by atoms with Crippen LogP contribution in [0.4, 0.5) is 0 Å². The zero-order chi connectivity index (χ0) is 17.9. The summed E-state index contributed by atoms with van der Waals surface area (Å²) in [5.41, 5.74) is 0.511. The summed E-state index contributed by atoms with van der Waals surface area (Å²) in [5, 5.41) is 57.3. The minimum absolute atomic E-state index is 0.108. The highest BCUT2D eigenvalue weighted by atomic mass is 16.7. The van der Waals surface area contributed by atoms with E-state index in [1.54, 1.807) is 0 Å². The van der Waals surface area contributed by atoms with Crippen molar-refractivity contribution in [1.82, 2.24) is 0 Å². The lowest BCUT2D eigenvalue weighted by molar-refractivity contribution is -0.305. The fourth-order valence-electron chi connectivity index (χ4n) is 2.43. The van der Waals surface area contributed by atoms with Crippen molar-refractivity contribution in [3.8, 4) is 11.5 Å². The van der Waals surface area contributed by atoms with Gasteiger partial charge in [-0.3, -0.25) is 0 Å². The summed E-state index contributed by atoms with van der Waals surface area (Å²) in [4.78, 5) is 0. The van der Waals surface area contributed by atoms with Gasteiger partial charge in [-0.2, -0.15) is 0 Å². The van der Waals surface area contributed by atoms with Crippen LogP contribution >= 0.6 is 0 Å². The normalized spacial score (nSPS) is 31.8. The van der Waals surface area contributed by atoms with E-state index in [4.69, 9.17) is 19.3 Å². The largest absolute Gasteiger partial charge is 0.504 e. The number of aliphatic hydroxyl groups excluding tert-OH is 4. The molecule has 0 aliphatic carbocycles. The van der Waals surface area contributed by atoms with E-state index in [2.05, 4.69) is 0 Å². The molecule has 0 saturated carbocycles. The number of aliphatic hydroxyl groups is 4. The van der Waals surface area contributed by atoms with Crippen molar-refractivity contribution in [2.24, 2.45) is 0 Å². The number of phenolic OH excluding ortho intramolecular Hbond substituents is 2. The van der Waals surface area contributed by atoms with Crippen molar-refractivity contribution in [2.45, 2.75) is 36.8 Å². The minimum Gasteiger partial charge on any atom is -0.504 e. The van der Waals surface area contributed by atoms with E-state index in [1.807, 2.05) is 0 Å². The third-order valence-corrected chi connectivity index (χ3v) is 3.92. The van der Waals surface area contributed by atoms with Crippen LogP contribution in [-0.4, -0.2) is 81.7 Å². The highest BCUT2D eigenvalue weighted by Gasteiger charge is 2.44. The third kappa shape index (κ3) is 3.95. The molecule has 1 saturated heterocycles. The molecule has 2 unspecified atom stereocenters. The van der Waals surface area contributed by atoms with Gasteiger partial charge in [0.05, 0.1) is 13.2 Å². The Labute approximate surface area is 138 Å². The number of hydrogen-bond donors (Lipinski definition) is 6. The van der Waals surface area contributed by atoms with Gasteiger partial charge in [0.1, 0.15) is 30.5 Å². The van der Waals surface area contributed by atoms with Gasteiger partial charge in [0.2, 0.25) is 0 Å². The summed E-state index contributed by atoms with van der Waals surface area (Å²) >= 11 is 0. The van der Waals surface area contributed by atoms with Crippen molar-refractivity contribution >= 4 is 0 Å². The predicted molar refractivity (Wildman–Crippen MR) is 79.2 cm³/mol. The van der Waals surface area contributed by atoms with Gasteiger partial charge in [-0.05, 0) is 17.7 Å². The summed E-state index contributed by atoms with van der Waals surface area (Å²) in [7, 11) is 1.41. The molecule has 1 fully saturated rings. The SMILES string of the molecule is COC(COC1O[C@H](CO)[C@@H](O)[C@H](O)[C@H]1O)c1ccc(O)c(O)c1. The first-order valence-corrected chi connectivity index (χ1v) is 7.35. The number of methoxy groups -OCH3 is 1. The zero-order valence-electron chi connectivity index (χ0n) is 13.0. The summed E-state index contributed by atoms with van der Waals surface area (Å²) in [6, 6.07) is 4.13. The van der Waals surface area contributed by atoms with Crippen LogP contribution in [0.2, 0.25) is 0 Å². The van der Waals surface area contributed by atoms with Crippen molar-refractivity contribution in [3.05, 3.63) is 23.8 Å². The molecule has 24 heavy (non-hydrogen) atoms. The Morgan fingerprint density at radius 3 is 2.38 bits per heavy atom. The Morgan fingerprint density at radius 2 is 1.79 bits per heavy atom. The van der Waals surface area contributed by atoms with Crippen molar-refractivity contribution in [2.75, 3.05) is 20.3 Å². The number of phenols is 2. The lowest BCUT2D eigenvalue weighted by Gasteiger charge is -2.39. The second-order valence-electron chi connectivity index (χ2n) is 5.50.